The number of rotatable bonds is 8. The van der Waals surface area contributed by atoms with Crippen molar-refractivity contribution in [2.45, 2.75) is 76.8 Å². The van der Waals surface area contributed by atoms with Crippen molar-refractivity contribution in [2.24, 2.45) is 5.73 Å². The van der Waals surface area contributed by atoms with E-state index < -0.39 is 0 Å². The SMILES string of the molecule is CCCCCCC(CN)N1CCC(N2CCCCC2)C1. The van der Waals surface area contributed by atoms with Gasteiger partial charge in [-0.3, -0.25) is 9.80 Å². The highest BCUT2D eigenvalue weighted by Crippen LogP contribution is 2.23. The van der Waals surface area contributed by atoms with Crippen LogP contribution in [0, 0.1) is 0 Å². The maximum absolute atomic E-state index is 6.04. The third kappa shape index (κ3) is 4.71. The van der Waals surface area contributed by atoms with Gasteiger partial charge in [0, 0.05) is 31.7 Å². The zero-order chi connectivity index (χ0) is 14.2. The molecule has 0 aromatic heterocycles. The van der Waals surface area contributed by atoms with Gasteiger partial charge in [-0.15, -0.1) is 0 Å². The predicted octanol–water partition coefficient (Wildman–Crippen LogP) is 2.84. The van der Waals surface area contributed by atoms with E-state index in [1.54, 1.807) is 0 Å². The fraction of sp³-hybridized carbons (Fsp3) is 1.00. The summed E-state index contributed by atoms with van der Waals surface area (Å²) in [5.74, 6) is 0. The van der Waals surface area contributed by atoms with Gasteiger partial charge in [-0.2, -0.15) is 0 Å². The molecule has 0 aromatic rings. The molecule has 2 rings (SSSR count). The normalized spacial score (nSPS) is 27.0. The molecule has 20 heavy (non-hydrogen) atoms. The van der Waals surface area contributed by atoms with Gasteiger partial charge in [0.2, 0.25) is 0 Å². The molecule has 0 bridgehead atoms. The van der Waals surface area contributed by atoms with E-state index in [4.69, 9.17) is 5.73 Å². The zero-order valence-electron chi connectivity index (χ0n) is 13.5. The molecule has 0 saturated carbocycles. The Balaban J connectivity index is 1.71. The van der Waals surface area contributed by atoms with Crippen LogP contribution < -0.4 is 5.73 Å². The lowest BCUT2D eigenvalue weighted by Crippen LogP contribution is -2.44. The Morgan fingerprint density at radius 2 is 1.85 bits per heavy atom. The molecule has 2 unspecified atom stereocenters. The fourth-order valence-electron chi connectivity index (χ4n) is 3.94. The summed E-state index contributed by atoms with van der Waals surface area (Å²) in [5, 5.41) is 0. The summed E-state index contributed by atoms with van der Waals surface area (Å²) in [7, 11) is 0. The molecule has 2 atom stereocenters. The summed E-state index contributed by atoms with van der Waals surface area (Å²) in [6.45, 7) is 8.35. The van der Waals surface area contributed by atoms with Crippen molar-refractivity contribution >= 4 is 0 Å². The predicted molar refractivity (Wildman–Crippen MR) is 87.0 cm³/mol. The quantitative estimate of drug-likeness (QED) is 0.694. The van der Waals surface area contributed by atoms with Crippen LogP contribution in [0.1, 0.15) is 64.7 Å². The first-order chi connectivity index (χ1) is 9.85. The summed E-state index contributed by atoms with van der Waals surface area (Å²) < 4.78 is 0. The highest BCUT2D eigenvalue weighted by atomic mass is 15.3. The third-order valence-electron chi connectivity index (χ3n) is 5.28. The number of likely N-dealkylation sites (tertiary alicyclic amines) is 2. The molecule has 3 heteroatoms. The van der Waals surface area contributed by atoms with E-state index in [1.165, 1.54) is 84.0 Å². The van der Waals surface area contributed by atoms with Crippen LogP contribution in [0.25, 0.3) is 0 Å². The van der Waals surface area contributed by atoms with Crippen molar-refractivity contribution in [1.29, 1.82) is 0 Å². The van der Waals surface area contributed by atoms with E-state index in [-0.39, 0.29) is 0 Å². The molecule has 2 heterocycles. The van der Waals surface area contributed by atoms with Crippen LogP contribution in [-0.2, 0) is 0 Å². The van der Waals surface area contributed by atoms with Gasteiger partial charge in [0.05, 0.1) is 0 Å². The Morgan fingerprint density at radius 1 is 1.05 bits per heavy atom. The van der Waals surface area contributed by atoms with E-state index >= 15 is 0 Å². The van der Waals surface area contributed by atoms with Crippen LogP contribution in [0.5, 0.6) is 0 Å². The summed E-state index contributed by atoms with van der Waals surface area (Å²) in [5.41, 5.74) is 6.04. The lowest BCUT2D eigenvalue weighted by atomic mass is 10.1. The van der Waals surface area contributed by atoms with E-state index in [0.29, 0.717) is 6.04 Å². The summed E-state index contributed by atoms with van der Waals surface area (Å²) >= 11 is 0. The minimum Gasteiger partial charge on any atom is -0.329 e. The molecule has 2 N–H and O–H groups in total. The summed E-state index contributed by atoms with van der Waals surface area (Å²) in [6, 6.07) is 1.46. The molecule has 118 valence electrons. The van der Waals surface area contributed by atoms with E-state index in [9.17, 15) is 0 Å². The van der Waals surface area contributed by atoms with Crippen molar-refractivity contribution in [1.82, 2.24) is 9.80 Å². The van der Waals surface area contributed by atoms with Gasteiger partial charge in [0.1, 0.15) is 0 Å². The van der Waals surface area contributed by atoms with Gasteiger partial charge in [-0.05, 0) is 38.8 Å². The molecule has 0 spiro atoms. The number of hydrogen-bond donors (Lipinski definition) is 1. The Labute approximate surface area is 125 Å². The number of nitrogens with two attached hydrogens (primary N) is 1. The Hall–Kier alpha value is -0.120. The molecule has 0 aromatic carbocycles. The second-order valence-corrected chi connectivity index (χ2v) is 6.77. The molecular weight excluding hydrogens is 246 g/mol. The largest absolute Gasteiger partial charge is 0.329 e. The van der Waals surface area contributed by atoms with Gasteiger partial charge in [-0.25, -0.2) is 0 Å². The topological polar surface area (TPSA) is 32.5 Å². The van der Waals surface area contributed by atoms with Crippen LogP contribution in [0.2, 0.25) is 0 Å². The van der Waals surface area contributed by atoms with Gasteiger partial charge in [0.15, 0.2) is 0 Å². The van der Waals surface area contributed by atoms with Crippen molar-refractivity contribution in [3.05, 3.63) is 0 Å². The highest BCUT2D eigenvalue weighted by Gasteiger charge is 2.31. The van der Waals surface area contributed by atoms with Crippen LogP contribution in [0.15, 0.2) is 0 Å². The van der Waals surface area contributed by atoms with Crippen LogP contribution >= 0.6 is 0 Å². The van der Waals surface area contributed by atoms with Crippen molar-refractivity contribution in [3.8, 4) is 0 Å². The molecule has 2 saturated heterocycles. The van der Waals surface area contributed by atoms with Crippen LogP contribution in [0.4, 0.5) is 0 Å². The van der Waals surface area contributed by atoms with Gasteiger partial charge >= 0.3 is 0 Å². The summed E-state index contributed by atoms with van der Waals surface area (Å²) in [6.07, 6.45) is 12.4. The lowest BCUT2D eigenvalue weighted by Gasteiger charge is -2.33. The van der Waals surface area contributed by atoms with Crippen molar-refractivity contribution in [3.63, 3.8) is 0 Å². The third-order valence-corrected chi connectivity index (χ3v) is 5.28. The number of nitrogens with zero attached hydrogens (tertiary/aromatic N) is 2. The lowest BCUT2D eigenvalue weighted by molar-refractivity contribution is 0.150. The minimum absolute atomic E-state index is 0.640. The summed E-state index contributed by atoms with van der Waals surface area (Å²) in [4.78, 5) is 5.43. The average molecular weight is 281 g/mol. The number of hydrogen-bond acceptors (Lipinski definition) is 3. The Morgan fingerprint density at radius 3 is 2.55 bits per heavy atom. The van der Waals surface area contributed by atoms with E-state index in [2.05, 4.69) is 16.7 Å². The number of piperidine rings is 1. The second kappa shape index (κ2) is 9.01. The average Bonchev–Trinajstić information content (AvgIpc) is 2.98. The molecular formula is C17H35N3. The molecule has 0 aliphatic carbocycles. The molecule has 2 fully saturated rings. The van der Waals surface area contributed by atoms with Crippen molar-refractivity contribution in [2.75, 3.05) is 32.7 Å². The fourth-order valence-corrected chi connectivity index (χ4v) is 3.94. The van der Waals surface area contributed by atoms with Crippen molar-refractivity contribution < 1.29 is 0 Å². The van der Waals surface area contributed by atoms with Crippen LogP contribution in [0.3, 0.4) is 0 Å². The highest BCUT2D eigenvalue weighted by molar-refractivity contribution is 4.88. The first-order valence-corrected chi connectivity index (χ1v) is 9.03. The second-order valence-electron chi connectivity index (χ2n) is 6.77. The first-order valence-electron chi connectivity index (χ1n) is 9.03. The minimum atomic E-state index is 0.640. The maximum atomic E-state index is 6.04. The molecule has 2 aliphatic rings. The van der Waals surface area contributed by atoms with E-state index in [0.717, 1.165) is 12.6 Å². The van der Waals surface area contributed by atoms with Crippen LogP contribution in [-0.4, -0.2) is 54.6 Å². The number of unbranched alkanes of at least 4 members (excludes halogenated alkanes) is 3. The molecule has 0 amide bonds. The zero-order valence-corrected chi connectivity index (χ0v) is 13.5. The molecule has 0 radical (unpaired) electrons. The van der Waals surface area contributed by atoms with Gasteiger partial charge < -0.3 is 5.73 Å². The smallest absolute Gasteiger partial charge is 0.0235 e. The molecule has 3 nitrogen and oxygen atoms in total. The first kappa shape index (κ1) is 16.3. The standard InChI is InChI=1S/C17H35N3/c1-2-3-4-6-9-16(14-18)20-13-10-17(15-20)19-11-7-5-8-12-19/h16-17H,2-15,18H2,1H3. The molecule has 2 aliphatic heterocycles. The Bertz CT molecular complexity index is 251. The maximum Gasteiger partial charge on any atom is 0.0235 e. The van der Waals surface area contributed by atoms with Gasteiger partial charge in [-0.1, -0.05) is 39.0 Å². The van der Waals surface area contributed by atoms with E-state index in [1.807, 2.05) is 0 Å². The Kier molecular flexibility index (Phi) is 7.32. The van der Waals surface area contributed by atoms with Gasteiger partial charge in [0.25, 0.3) is 0 Å². The monoisotopic (exact) mass is 281 g/mol.